The summed E-state index contributed by atoms with van der Waals surface area (Å²) in [6, 6.07) is 0. The van der Waals surface area contributed by atoms with Gasteiger partial charge in [-0.25, -0.2) is 0 Å². The summed E-state index contributed by atoms with van der Waals surface area (Å²) in [4.78, 5) is 0. The van der Waals surface area contributed by atoms with Gasteiger partial charge in [0.1, 0.15) is 0 Å². The Morgan fingerprint density at radius 3 is 2.54 bits per heavy atom. The van der Waals surface area contributed by atoms with Gasteiger partial charge in [-0.05, 0) is 44.9 Å². The van der Waals surface area contributed by atoms with Gasteiger partial charge in [0.2, 0.25) is 0 Å². The lowest BCUT2D eigenvalue weighted by Gasteiger charge is -1.95. The van der Waals surface area contributed by atoms with Gasteiger partial charge in [0.25, 0.3) is 0 Å². The van der Waals surface area contributed by atoms with Crippen LogP contribution in [0.1, 0.15) is 38.5 Å². The molecule has 0 heterocycles. The molecule has 0 bridgehead atoms. The average molecular weight is 175 g/mol. The number of rotatable bonds is 0. The molecule has 0 nitrogen and oxygen atoms in total. The van der Waals surface area contributed by atoms with Gasteiger partial charge in [-0.2, -0.15) is 0 Å². The molecule has 1 aliphatic rings. The third kappa shape index (κ3) is 6.39. The van der Waals surface area contributed by atoms with Crippen LogP contribution in [0.4, 0.5) is 0 Å². The van der Waals surface area contributed by atoms with E-state index in [1.54, 1.807) is 0 Å². The van der Waals surface area contributed by atoms with Crippen LogP contribution in [-0.2, 0) is 0 Å². The van der Waals surface area contributed by atoms with Crippen molar-refractivity contribution in [1.82, 2.24) is 0 Å². The lowest BCUT2D eigenvalue weighted by Crippen LogP contribution is -1.77. The van der Waals surface area contributed by atoms with E-state index in [0.29, 0.717) is 0 Å². The zero-order valence-corrected chi connectivity index (χ0v) is 8.28. The molecule has 0 spiro atoms. The van der Waals surface area contributed by atoms with Gasteiger partial charge in [-0.1, -0.05) is 36.5 Å². The molecular formula is C13H19. The molecule has 13 heavy (non-hydrogen) atoms. The van der Waals surface area contributed by atoms with Crippen LogP contribution in [0.2, 0.25) is 0 Å². The number of hydrogen-bond acceptors (Lipinski definition) is 0. The first kappa shape index (κ1) is 10.3. The quantitative estimate of drug-likeness (QED) is 0.484. The molecule has 0 unspecified atom stereocenters. The molecular weight excluding hydrogens is 156 g/mol. The minimum atomic E-state index is 1.07. The highest BCUT2D eigenvalue weighted by Gasteiger charge is 1.87. The standard InChI is InChI=1S/C13H19/c1-2-4-6-8-10-12-13-11-9-7-5-3-1/h1-4,7,9,12H,5-6,8,10-11,13H2. The summed E-state index contributed by atoms with van der Waals surface area (Å²) in [5.41, 5.74) is 0. The predicted octanol–water partition coefficient (Wildman–Crippen LogP) is 4.21. The van der Waals surface area contributed by atoms with Gasteiger partial charge in [-0.15, -0.1) is 0 Å². The molecule has 0 N–H and O–H groups in total. The van der Waals surface area contributed by atoms with Crippen LogP contribution < -0.4 is 0 Å². The second-order valence-electron chi connectivity index (χ2n) is 3.36. The van der Waals surface area contributed by atoms with Crippen LogP contribution >= 0.6 is 0 Å². The molecule has 0 fully saturated rings. The monoisotopic (exact) mass is 175 g/mol. The van der Waals surface area contributed by atoms with Crippen molar-refractivity contribution in [3.05, 3.63) is 42.9 Å². The molecule has 0 heteroatoms. The molecule has 0 aliphatic heterocycles. The maximum Gasteiger partial charge on any atom is -0.0166 e. The predicted molar refractivity (Wildman–Crippen MR) is 59.4 cm³/mol. The maximum absolute atomic E-state index is 2.41. The highest BCUT2D eigenvalue weighted by atomic mass is 13.9. The lowest BCUT2D eigenvalue weighted by molar-refractivity contribution is 0.779. The summed E-state index contributed by atoms with van der Waals surface area (Å²) in [5.74, 6) is 0. The Labute approximate surface area is 82.0 Å². The van der Waals surface area contributed by atoms with E-state index in [0.717, 1.165) is 6.42 Å². The third-order valence-corrected chi connectivity index (χ3v) is 2.14. The zero-order chi connectivity index (χ0) is 9.19. The second-order valence-corrected chi connectivity index (χ2v) is 3.36. The number of allylic oxidation sites excluding steroid dienone is 6. The highest BCUT2D eigenvalue weighted by molar-refractivity contribution is 5.05. The van der Waals surface area contributed by atoms with E-state index in [-0.39, 0.29) is 0 Å². The largest absolute Gasteiger partial charge is 0.0882 e. The van der Waals surface area contributed by atoms with Gasteiger partial charge < -0.3 is 0 Å². The molecule has 0 aromatic heterocycles. The molecule has 1 radical (unpaired) electrons. The average Bonchev–Trinajstić information content (AvgIpc) is 2.18. The summed E-state index contributed by atoms with van der Waals surface area (Å²) in [6.45, 7) is 0. The molecule has 0 aromatic rings. The van der Waals surface area contributed by atoms with Crippen molar-refractivity contribution in [2.45, 2.75) is 38.5 Å². The fourth-order valence-corrected chi connectivity index (χ4v) is 1.36. The minimum Gasteiger partial charge on any atom is -0.0882 e. The van der Waals surface area contributed by atoms with Crippen LogP contribution in [0, 0.1) is 6.42 Å². The fraction of sp³-hybridized carbons (Fsp3) is 0.462. The van der Waals surface area contributed by atoms with Crippen molar-refractivity contribution in [1.29, 1.82) is 0 Å². The van der Waals surface area contributed by atoms with Crippen molar-refractivity contribution < 1.29 is 0 Å². The van der Waals surface area contributed by atoms with Crippen LogP contribution in [-0.4, -0.2) is 0 Å². The summed E-state index contributed by atoms with van der Waals surface area (Å²) >= 11 is 0. The van der Waals surface area contributed by atoms with E-state index in [1.807, 2.05) is 0 Å². The highest BCUT2D eigenvalue weighted by Crippen LogP contribution is 2.06. The summed E-state index contributed by atoms with van der Waals surface area (Å²) < 4.78 is 0. The van der Waals surface area contributed by atoms with Crippen molar-refractivity contribution in [3.63, 3.8) is 0 Å². The normalized spacial score (nSPS) is 20.3. The third-order valence-electron chi connectivity index (χ3n) is 2.14. The first-order valence-electron chi connectivity index (χ1n) is 5.28. The van der Waals surface area contributed by atoms with Crippen LogP contribution in [0.25, 0.3) is 0 Å². The van der Waals surface area contributed by atoms with E-state index in [9.17, 15) is 0 Å². The first-order chi connectivity index (χ1) is 6.50. The van der Waals surface area contributed by atoms with Crippen LogP contribution in [0.3, 0.4) is 0 Å². The Bertz CT molecular complexity index is 184. The van der Waals surface area contributed by atoms with Gasteiger partial charge in [0.15, 0.2) is 0 Å². The van der Waals surface area contributed by atoms with E-state index in [1.165, 1.54) is 32.1 Å². The van der Waals surface area contributed by atoms with E-state index < -0.39 is 0 Å². The summed E-state index contributed by atoms with van der Waals surface area (Å²) in [5, 5.41) is 0. The molecule has 0 saturated carbocycles. The second kappa shape index (κ2) is 7.85. The van der Waals surface area contributed by atoms with E-state index in [4.69, 9.17) is 0 Å². The fourth-order valence-electron chi connectivity index (χ4n) is 1.36. The molecule has 0 atom stereocenters. The Morgan fingerprint density at radius 2 is 1.54 bits per heavy atom. The smallest absolute Gasteiger partial charge is 0.0166 e. The van der Waals surface area contributed by atoms with Crippen molar-refractivity contribution in [2.24, 2.45) is 0 Å². The first-order valence-corrected chi connectivity index (χ1v) is 5.28. The van der Waals surface area contributed by atoms with Gasteiger partial charge >= 0.3 is 0 Å². The van der Waals surface area contributed by atoms with Gasteiger partial charge in [-0.3, -0.25) is 0 Å². The lowest BCUT2D eigenvalue weighted by atomic mass is 10.1. The molecule has 1 rings (SSSR count). The zero-order valence-electron chi connectivity index (χ0n) is 8.28. The Balaban J connectivity index is 2.29. The Morgan fingerprint density at radius 1 is 0.615 bits per heavy atom. The van der Waals surface area contributed by atoms with E-state index in [2.05, 4.69) is 42.9 Å². The van der Waals surface area contributed by atoms with Crippen molar-refractivity contribution >= 4 is 0 Å². The van der Waals surface area contributed by atoms with Crippen LogP contribution in [0.5, 0.6) is 0 Å². The van der Waals surface area contributed by atoms with Crippen molar-refractivity contribution in [3.8, 4) is 0 Å². The van der Waals surface area contributed by atoms with Gasteiger partial charge in [0, 0.05) is 0 Å². The molecule has 0 amide bonds. The Hall–Kier alpha value is -0.780. The molecule has 0 saturated heterocycles. The summed E-state index contributed by atoms with van der Waals surface area (Å²) in [6.07, 6.45) is 23.0. The topological polar surface area (TPSA) is 0 Å². The van der Waals surface area contributed by atoms with Crippen molar-refractivity contribution in [2.75, 3.05) is 0 Å². The molecule has 1 aliphatic carbocycles. The van der Waals surface area contributed by atoms with E-state index >= 15 is 0 Å². The SMILES string of the molecule is [CH]1CCC=CCC=CC=CCCC1. The molecule has 71 valence electrons. The van der Waals surface area contributed by atoms with Gasteiger partial charge in [0.05, 0.1) is 0 Å². The maximum atomic E-state index is 2.41. The van der Waals surface area contributed by atoms with Crippen LogP contribution in [0.15, 0.2) is 36.5 Å². The minimum absolute atomic E-state index is 1.07. The number of hydrogen-bond donors (Lipinski definition) is 0. The Kier molecular flexibility index (Phi) is 6.22. The molecule has 0 aromatic carbocycles. The summed E-state index contributed by atoms with van der Waals surface area (Å²) in [7, 11) is 0.